The number of nitrogens with one attached hydrogen (secondary N) is 2. The number of carbonyl (C=O) groups is 2. The Balaban J connectivity index is 0.000000383. The van der Waals surface area contributed by atoms with Crippen LogP contribution < -0.4 is 5.32 Å². The molecule has 2 aromatic heterocycles. The number of nitrogens with zero attached hydrogens (tertiary/aromatic N) is 1. The molecular formula is C24H24F3N3O3. The number of amides is 1. The van der Waals surface area contributed by atoms with Gasteiger partial charge in [-0.3, -0.25) is 9.78 Å². The van der Waals surface area contributed by atoms with E-state index in [1.807, 2.05) is 18.3 Å². The molecule has 0 bridgehead atoms. The van der Waals surface area contributed by atoms with Crippen molar-refractivity contribution < 1.29 is 27.9 Å². The molecule has 4 rings (SSSR count). The molecule has 0 saturated carbocycles. The molecule has 0 radical (unpaired) electrons. The summed E-state index contributed by atoms with van der Waals surface area (Å²) in [6, 6.07) is 14.7. The van der Waals surface area contributed by atoms with E-state index in [0.717, 1.165) is 46.6 Å². The number of benzene rings is 1. The van der Waals surface area contributed by atoms with Gasteiger partial charge in [-0.1, -0.05) is 37.6 Å². The molecule has 1 aromatic carbocycles. The van der Waals surface area contributed by atoms with Crippen molar-refractivity contribution in [3.8, 4) is 22.5 Å². The Hall–Kier alpha value is -3.62. The summed E-state index contributed by atoms with van der Waals surface area (Å²) in [5.41, 5.74) is 7.22. The molecule has 6 nitrogen and oxygen atoms in total. The number of aromatic nitrogens is 2. The molecule has 9 heteroatoms. The number of rotatable bonds is 5. The lowest BCUT2D eigenvalue weighted by Crippen LogP contribution is -2.31. The van der Waals surface area contributed by atoms with E-state index in [1.165, 1.54) is 18.4 Å². The van der Waals surface area contributed by atoms with Gasteiger partial charge in [-0.05, 0) is 36.6 Å². The van der Waals surface area contributed by atoms with Gasteiger partial charge in [-0.25, -0.2) is 4.79 Å². The van der Waals surface area contributed by atoms with Crippen LogP contribution in [0.4, 0.5) is 13.2 Å². The fourth-order valence-corrected chi connectivity index (χ4v) is 3.43. The van der Waals surface area contributed by atoms with Gasteiger partial charge < -0.3 is 15.4 Å². The lowest BCUT2D eigenvalue weighted by atomic mass is 10.0. The van der Waals surface area contributed by atoms with Crippen molar-refractivity contribution in [3.63, 3.8) is 0 Å². The Morgan fingerprint density at radius 3 is 2.42 bits per heavy atom. The van der Waals surface area contributed by atoms with Gasteiger partial charge in [-0.2, -0.15) is 13.2 Å². The van der Waals surface area contributed by atoms with Gasteiger partial charge in [0.25, 0.3) is 5.91 Å². The van der Waals surface area contributed by atoms with Crippen LogP contribution in [0.15, 0.2) is 48.7 Å². The minimum absolute atomic E-state index is 0.00528. The van der Waals surface area contributed by atoms with E-state index < -0.39 is 12.1 Å². The monoisotopic (exact) mass is 459 g/mol. The maximum atomic E-state index is 12.0. The highest BCUT2D eigenvalue weighted by molar-refractivity contribution is 5.97. The standard InChI is InChI=1S/C22H23N3O.C2HF3O2/c1-2-3-4-15-5-7-16(8-6-15)20-13-17(9-11-23-20)21-14-18-19(25-21)10-12-24-22(18)26;3-2(4,5)1(6)7/h5-9,11,13-14,25H,2-4,10,12H2,1H3,(H,24,26);(H,6,7). The van der Waals surface area contributed by atoms with Crippen LogP contribution in [-0.4, -0.2) is 39.7 Å². The topological polar surface area (TPSA) is 95.1 Å². The van der Waals surface area contributed by atoms with Gasteiger partial charge in [0.05, 0.1) is 11.3 Å². The maximum Gasteiger partial charge on any atom is 0.490 e. The summed E-state index contributed by atoms with van der Waals surface area (Å²) in [7, 11) is 0. The number of alkyl halides is 3. The molecular weight excluding hydrogens is 435 g/mol. The van der Waals surface area contributed by atoms with E-state index in [1.54, 1.807) is 0 Å². The number of pyridine rings is 1. The number of aryl methyl sites for hydroxylation is 1. The van der Waals surface area contributed by atoms with Crippen LogP contribution in [-0.2, 0) is 17.6 Å². The minimum atomic E-state index is -5.08. The average molecular weight is 459 g/mol. The van der Waals surface area contributed by atoms with E-state index in [9.17, 15) is 18.0 Å². The van der Waals surface area contributed by atoms with Gasteiger partial charge in [0.1, 0.15) is 0 Å². The number of aromatic amines is 1. The molecule has 1 amide bonds. The first-order chi connectivity index (χ1) is 15.7. The first-order valence-electron chi connectivity index (χ1n) is 10.5. The van der Waals surface area contributed by atoms with Gasteiger partial charge in [-0.15, -0.1) is 0 Å². The number of fused-ring (bicyclic) bond motifs is 1. The molecule has 3 N–H and O–H groups in total. The molecule has 0 aliphatic carbocycles. The first-order valence-corrected chi connectivity index (χ1v) is 10.5. The summed E-state index contributed by atoms with van der Waals surface area (Å²) in [6.07, 6.45) is 1.15. The average Bonchev–Trinajstić information content (AvgIpc) is 3.24. The lowest BCUT2D eigenvalue weighted by molar-refractivity contribution is -0.192. The first kappa shape index (κ1) is 24.0. The molecule has 0 spiro atoms. The summed E-state index contributed by atoms with van der Waals surface area (Å²) in [4.78, 5) is 28.8. The third-order valence-electron chi connectivity index (χ3n) is 5.19. The molecule has 0 atom stereocenters. The number of aliphatic carboxylic acids is 1. The van der Waals surface area contributed by atoms with Gasteiger partial charge in [0.15, 0.2) is 0 Å². The Bertz CT molecular complexity index is 1120. The van der Waals surface area contributed by atoms with Crippen molar-refractivity contribution in [2.75, 3.05) is 6.54 Å². The summed E-state index contributed by atoms with van der Waals surface area (Å²) in [5, 5.41) is 10.0. The number of carboxylic acid groups (broad SMARTS) is 1. The Morgan fingerprint density at radius 2 is 1.82 bits per heavy atom. The highest BCUT2D eigenvalue weighted by atomic mass is 19.4. The summed E-state index contributed by atoms with van der Waals surface area (Å²) in [5.74, 6) is -2.75. The minimum Gasteiger partial charge on any atom is -0.475 e. The lowest BCUT2D eigenvalue weighted by Gasteiger charge is -2.11. The van der Waals surface area contributed by atoms with Crippen molar-refractivity contribution in [1.82, 2.24) is 15.3 Å². The number of hydrogen-bond acceptors (Lipinski definition) is 3. The molecule has 1 aliphatic rings. The van der Waals surface area contributed by atoms with Crippen molar-refractivity contribution >= 4 is 11.9 Å². The molecule has 0 fully saturated rings. The number of unbranched alkanes of at least 4 members (excludes halogenated alkanes) is 1. The van der Waals surface area contributed by atoms with E-state index >= 15 is 0 Å². The number of hydrogen-bond donors (Lipinski definition) is 3. The molecule has 1 aliphatic heterocycles. The predicted octanol–water partition coefficient (Wildman–Crippen LogP) is 5.01. The van der Waals surface area contributed by atoms with Crippen LogP contribution in [0.1, 0.15) is 41.4 Å². The Kier molecular flexibility index (Phi) is 7.52. The van der Waals surface area contributed by atoms with Crippen molar-refractivity contribution in [1.29, 1.82) is 0 Å². The van der Waals surface area contributed by atoms with E-state index in [-0.39, 0.29) is 5.91 Å². The van der Waals surface area contributed by atoms with Crippen molar-refractivity contribution in [2.45, 2.75) is 38.8 Å². The maximum absolute atomic E-state index is 12.0. The molecule has 33 heavy (non-hydrogen) atoms. The summed E-state index contributed by atoms with van der Waals surface area (Å²) >= 11 is 0. The molecule has 174 valence electrons. The zero-order chi connectivity index (χ0) is 24.0. The van der Waals surface area contributed by atoms with Gasteiger partial charge >= 0.3 is 12.1 Å². The normalized spacial score (nSPS) is 12.9. The van der Waals surface area contributed by atoms with Crippen molar-refractivity contribution in [3.05, 3.63) is 65.5 Å². The van der Waals surface area contributed by atoms with E-state index in [4.69, 9.17) is 9.90 Å². The Morgan fingerprint density at radius 1 is 1.12 bits per heavy atom. The molecule has 0 saturated heterocycles. The second kappa shape index (κ2) is 10.3. The number of carboxylic acids is 1. The zero-order valence-corrected chi connectivity index (χ0v) is 18.0. The van der Waals surface area contributed by atoms with Crippen molar-refractivity contribution in [2.24, 2.45) is 0 Å². The fourth-order valence-electron chi connectivity index (χ4n) is 3.43. The molecule has 3 heterocycles. The SMILES string of the molecule is CCCCc1ccc(-c2cc(-c3cc4c([nH]3)CCNC4=O)ccn2)cc1.O=C(O)C(F)(F)F. The highest BCUT2D eigenvalue weighted by Crippen LogP contribution is 2.27. The van der Waals surface area contributed by atoms with Crippen LogP contribution in [0.3, 0.4) is 0 Å². The van der Waals surface area contributed by atoms with Crippen LogP contribution in [0.25, 0.3) is 22.5 Å². The number of H-pyrrole nitrogens is 1. The van der Waals surface area contributed by atoms with Crippen LogP contribution in [0.5, 0.6) is 0 Å². The fraction of sp³-hybridized carbons (Fsp3) is 0.292. The predicted molar refractivity (Wildman–Crippen MR) is 118 cm³/mol. The third kappa shape index (κ3) is 6.21. The highest BCUT2D eigenvalue weighted by Gasteiger charge is 2.38. The van der Waals surface area contributed by atoms with Gasteiger partial charge in [0.2, 0.25) is 0 Å². The number of carbonyl (C=O) groups excluding carboxylic acids is 1. The van der Waals surface area contributed by atoms with Crippen LogP contribution >= 0.6 is 0 Å². The zero-order valence-electron chi connectivity index (χ0n) is 18.0. The van der Waals surface area contributed by atoms with Crippen LogP contribution in [0, 0.1) is 0 Å². The van der Waals surface area contributed by atoms with E-state index in [0.29, 0.717) is 6.54 Å². The quantitative estimate of drug-likeness (QED) is 0.500. The van der Waals surface area contributed by atoms with Gasteiger partial charge in [0, 0.05) is 41.7 Å². The third-order valence-corrected chi connectivity index (χ3v) is 5.19. The summed E-state index contributed by atoms with van der Waals surface area (Å²) in [6.45, 7) is 2.91. The Labute approximate surface area is 188 Å². The second-order valence-corrected chi connectivity index (χ2v) is 7.61. The summed E-state index contributed by atoms with van der Waals surface area (Å²) < 4.78 is 31.7. The van der Waals surface area contributed by atoms with Crippen LogP contribution in [0.2, 0.25) is 0 Å². The van der Waals surface area contributed by atoms with E-state index in [2.05, 4.69) is 52.5 Å². The largest absolute Gasteiger partial charge is 0.490 e. The second-order valence-electron chi connectivity index (χ2n) is 7.61. The number of halogens is 3. The molecule has 3 aromatic rings. The smallest absolute Gasteiger partial charge is 0.475 e. The molecule has 0 unspecified atom stereocenters.